The maximum Gasteiger partial charge on any atom is 0.410 e. The number of benzene rings is 1. The van der Waals surface area contributed by atoms with E-state index in [9.17, 15) is 4.79 Å². The van der Waals surface area contributed by atoms with E-state index in [0.29, 0.717) is 12.6 Å². The van der Waals surface area contributed by atoms with Gasteiger partial charge in [-0.1, -0.05) is 19.4 Å². The molecule has 1 amide bonds. The van der Waals surface area contributed by atoms with Crippen molar-refractivity contribution in [2.45, 2.75) is 78.0 Å². The fraction of sp³-hybridized carbons (Fsp3) is 0.667. The standard InChI is InChI=1S/C21H32N2O2/c1-5-15-6-8-18(12-15)22-19-9-7-16-10-11-23(14-17(16)13-19)20(24)25-21(2,3)4/h7,9,13,15,18,22H,5-6,8,10-12,14H2,1-4H3. The number of fused-ring (bicyclic) bond motifs is 1. The summed E-state index contributed by atoms with van der Waals surface area (Å²) < 4.78 is 5.53. The van der Waals surface area contributed by atoms with E-state index in [4.69, 9.17) is 4.74 Å². The summed E-state index contributed by atoms with van der Waals surface area (Å²) in [6.45, 7) is 9.40. The topological polar surface area (TPSA) is 41.6 Å². The van der Waals surface area contributed by atoms with E-state index in [2.05, 4.69) is 30.4 Å². The van der Waals surface area contributed by atoms with Crippen molar-refractivity contribution in [2.24, 2.45) is 5.92 Å². The Morgan fingerprint density at radius 1 is 1.28 bits per heavy atom. The van der Waals surface area contributed by atoms with Crippen LogP contribution in [-0.4, -0.2) is 29.2 Å². The molecule has 3 rings (SSSR count). The van der Waals surface area contributed by atoms with Gasteiger partial charge in [0.1, 0.15) is 5.60 Å². The number of carbonyl (C=O) groups is 1. The summed E-state index contributed by atoms with van der Waals surface area (Å²) in [6.07, 6.45) is 5.85. The Morgan fingerprint density at radius 3 is 2.76 bits per heavy atom. The number of nitrogens with zero attached hydrogens (tertiary/aromatic N) is 1. The van der Waals surface area contributed by atoms with Crippen molar-refractivity contribution in [2.75, 3.05) is 11.9 Å². The normalized spacial score (nSPS) is 23.3. The molecule has 2 unspecified atom stereocenters. The lowest BCUT2D eigenvalue weighted by molar-refractivity contribution is 0.0224. The van der Waals surface area contributed by atoms with Crippen molar-refractivity contribution in [3.05, 3.63) is 29.3 Å². The van der Waals surface area contributed by atoms with E-state index in [1.165, 1.54) is 42.5 Å². The van der Waals surface area contributed by atoms with Gasteiger partial charge in [0.25, 0.3) is 0 Å². The molecular weight excluding hydrogens is 312 g/mol. The van der Waals surface area contributed by atoms with Gasteiger partial charge in [0.05, 0.1) is 0 Å². The second-order valence-electron chi connectivity index (χ2n) is 8.56. The van der Waals surface area contributed by atoms with Crippen LogP contribution in [0.3, 0.4) is 0 Å². The summed E-state index contributed by atoms with van der Waals surface area (Å²) in [6, 6.07) is 7.23. The molecule has 2 atom stereocenters. The van der Waals surface area contributed by atoms with Gasteiger partial charge in [-0.05, 0) is 75.6 Å². The molecule has 1 aliphatic heterocycles. The molecule has 1 aliphatic carbocycles. The lowest BCUT2D eigenvalue weighted by Crippen LogP contribution is -2.39. The summed E-state index contributed by atoms with van der Waals surface area (Å²) >= 11 is 0. The molecule has 1 saturated carbocycles. The van der Waals surface area contributed by atoms with E-state index in [0.717, 1.165) is 18.9 Å². The van der Waals surface area contributed by atoms with Crippen molar-refractivity contribution in [3.8, 4) is 0 Å². The molecule has 1 fully saturated rings. The Morgan fingerprint density at radius 2 is 2.08 bits per heavy atom. The molecule has 1 aromatic rings. The van der Waals surface area contributed by atoms with Crippen LogP contribution in [-0.2, 0) is 17.7 Å². The van der Waals surface area contributed by atoms with Crippen LogP contribution < -0.4 is 5.32 Å². The molecule has 0 bridgehead atoms. The van der Waals surface area contributed by atoms with E-state index < -0.39 is 5.60 Å². The zero-order valence-corrected chi connectivity index (χ0v) is 16.1. The molecule has 1 aromatic carbocycles. The van der Waals surface area contributed by atoms with Gasteiger partial charge in [0.2, 0.25) is 0 Å². The van der Waals surface area contributed by atoms with Crippen LogP contribution in [0.1, 0.15) is 64.5 Å². The summed E-state index contributed by atoms with van der Waals surface area (Å²) in [4.78, 5) is 14.2. The van der Waals surface area contributed by atoms with Gasteiger partial charge < -0.3 is 15.0 Å². The predicted molar refractivity (Wildman–Crippen MR) is 102 cm³/mol. The Hall–Kier alpha value is -1.71. The largest absolute Gasteiger partial charge is 0.444 e. The van der Waals surface area contributed by atoms with Gasteiger partial charge in [-0.3, -0.25) is 0 Å². The summed E-state index contributed by atoms with van der Waals surface area (Å²) in [5, 5.41) is 3.70. The maximum atomic E-state index is 12.3. The molecule has 25 heavy (non-hydrogen) atoms. The van der Waals surface area contributed by atoms with E-state index >= 15 is 0 Å². The predicted octanol–water partition coefficient (Wildman–Crippen LogP) is 4.97. The molecular formula is C21H32N2O2. The molecule has 138 valence electrons. The van der Waals surface area contributed by atoms with Crippen LogP contribution in [0.4, 0.5) is 10.5 Å². The monoisotopic (exact) mass is 344 g/mol. The number of hydrogen-bond acceptors (Lipinski definition) is 3. The lowest BCUT2D eigenvalue weighted by Gasteiger charge is -2.31. The average molecular weight is 344 g/mol. The smallest absolute Gasteiger partial charge is 0.410 e. The SMILES string of the molecule is CCC1CCC(Nc2ccc3c(c2)CN(C(=O)OC(C)(C)C)CC3)C1. The Labute approximate surface area is 151 Å². The van der Waals surface area contributed by atoms with E-state index in [-0.39, 0.29) is 6.09 Å². The highest BCUT2D eigenvalue weighted by molar-refractivity contribution is 5.69. The first kappa shape index (κ1) is 18.1. The molecule has 0 saturated heterocycles. The maximum absolute atomic E-state index is 12.3. The van der Waals surface area contributed by atoms with Crippen LogP contribution in [0.2, 0.25) is 0 Å². The Balaban J connectivity index is 1.64. The van der Waals surface area contributed by atoms with Gasteiger partial charge in [-0.15, -0.1) is 0 Å². The third kappa shape index (κ3) is 4.68. The van der Waals surface area contributed by atoms with Crippen molar-refractivity contribution >= 4 is 11.8 Å². The fourth-order valence-electron chi connectivity index (χ4n) is 3.94. The molecule has 0 spiro atoms. The van der Waals surface area contributed by atoms with Crippen LogP contribution >= 0.6 is 0 Å². The highest BCUT2D eigenvalue weighted by atomic mass is 16.6. The molecule has 1 heterocycles. The van der Waals surface area contributed by atoms with Gasteiger partial charge in [-0.2, -0.15) is 0 Å². The first-order valence-electron chi connectivity index (χ1n) is 9.70. The second-order valence-corrected chi connectivity index (χ2v) is 8.56. The quantitative estimate of drug-likeness (QED) is 0.841. The zero-order valence-electron chi connectivity index (χ0n) is 16.1. The van der Waals surface area contributed by atoms with Gasteiger partial charge in [0, 0.05) is 24.8 Å². The van der Waals surface area contributed by atoms with Gasteiger partial charge in [-0.25, -0.2) is 4.79 Å². The average Bonchev–Trinajstić information content (AvgIpc) is 3.00. The highest BCUT2D eigenvalue weighted by Gasteiger charge is 2.27. The van der Waals surface area contributed by atoms with Crippen LogP contribution in [0, 0.1) is 5.92 Å². The van der Waals surface area contributed by atoms with Crippen molar-refractivity contribution in [1.29, 1.82) is 0 Å². The van der Waals surface area contributed by atoms with Crippen molar-refractivity contribution in [3.63, 3.8) is 0 Å². The molecule has 0 aromatic heterocycles. The number of anilines is 1. The van der Waals surface area contributed by atoms with Gasteiger partial charge in [0.15, 0.2) is 0 Å². The van der Waals surface area contributed by atoms with E-state index in [1.54, 1.807) is 0 Å². The molecule has 0 radical (unpaired) electrons. The Bertz CT molecular complexity index is 621. The number of ether oxygens (including phenoxy) is 1. The minimum atomic E-state index is -0.445. The number of amides is 1. The molecule has 4 nitrogen and oxygen atoms in total. The Kier molecular flexibility index (Phi) is 5.26. The van der Waals surface area contributed by atoms with Crippen LogP contribution in [0.25, 0.3) is 0 Å². The lowest BCUT2D eigenvalue weighted by atomic mass is 9.99. The van der Waals surface area contributed by atoms with Crippen molar-refractivity contribution < 1.29 is 9.53 Å². The van der Waals surface area contributed by atoms with Crippen LogP contribution in [0.15, 0.2) is 18.2 Å². The first-order valence-corrected chi connectivity index (χ1v) is 9.70. The fourth-order valence-corrected chi connectivity index (χ4v) is 3.94. The number of carbonyl (C=O) groups excluding carboxylic acids is 1. The summed E-state index contributed by atoms with van der Waals surface area (Å²) in [5.41, 5.74) is 3.33. The third-order valence-electron chi connectivity index (χ3n) is 5.36. The minimum absolute atomic E-state index is 0.210. The number of nitrogens with one attached hydrogen (secondary N) is 1. The molecule has 1 N–H and O–H groups in total. The molecule has 4 heteroatoms. The summed E-state index contributed by atoms with van der Waals surface area (Å²) in [7, 11) is 0. The highest BCUT2D eigenvalue weighted by Crippen LogP contribution is 2.31. The molecule has 2 aliphatic rings. The zero-order chi connectivity index (χ0) is 18.0. The third-order valence-corrected chi connectivity index (χ3v) is 5.36. The van der Waals surface area contributed by atoms with E-state index in [1.807, 2.05) is 25.7 Å². The summed E-state index contributed by atoms with van der Waals surface area (Å²) in [5.74, 6) is 0.873. The minimum Gasteiger partial charge on any atom is -0.444 e. The number of rotatable bonds is 3. The van der Waals surface area contributed by atoms with Crippen molar-refractivity contribution in [1.82, 2.24) is 4.90 Å². The van der Waals surface area contributed by atoms with Crippen LogP contribution in [0.5, 0.6) is 0 Å². The van der Waals surface area contributed by atoms with Gasteiger partial charge >= 0.3 is 6.09 Å². The first-order chi connectivity index (χ1) is 11.8. The second kappa shape index (κ2) is 7.27. The number of hydrogen-bond donors (Lipinski definition) is 1.